The number of para-hydroxylation sites is 1. The predicted octanol–water partition coefficient (Wildman–Crippen LogP) is 2.66. The molecule has 104 valence electrons. The molecule has 0 unspecified atom stereocenters. The van der Waals surface area contributed by atoms with Crippen LogP contribution in [-0.4, -0.2) is 24.5 Å². The minimum atomic E-state index is -0.191. The van der Waals surface area contributed by atoms with E-state index in [2.05, 4.69) is 51.2 Å². The van der Waals surface area contributed by atoms with Crippen LogP contribution in [0, 0.1) is 6.92 Å². The van der Waals surface area contributed by atoms with Gasteiger partial charge >= 0.3 is 0 Å². The molecule has 0 atom stereocenters. The highest BCUT2D eigenvalue weighted by atomic mass is 16.2. The Morgan fingerprint density at radius 2 is 2.11 bits per heavy atom. The standard InChI is InChI=1S/C16H24N2O/c1-5-13-8-6-7-12(2)15(13)18-14(19)9-10-17-11-16(18,3)4/h6-8,17H,5,9-11H2,1-4H3. The van der Waals surface area contributed by atoms with Crippen LogP contribution in [-0.2, 0) is 11.2 Å². The summed E-state index contributed by atoms with van der Waals surface area (Å²) in [6.07, 6.45) is 1.52. The Morgan fingerprint density at radius 1 is 1.37 bits per heavy atom. The number of hydrogen-bond acceptors (Lipinski definition) is 2. The van der Waals surface area contributed by atoms with Gasteiger partial charge in [0.05, 0.1) is 11.2 Å². The lowest BCUT2D eigenvalue weighted by Gasteiger charge is -2.39. The number of nitrogens with one attached hydrogen (secondary N) is 1. The van der Waals surface area contributed by atoms with Gasteiger partial charge in [0.15, 0.2) is 0 Å². The number of hydrogen-bond donors (Lipinski definition) is 1. The van der Waals surface area contributed by atoms with Crippen LogP contribution in [0.4, 0.5) is 5.69 Å². The van der Waals surface area contributed by atoms with Crippen LogP contribution < -0.4 is 10.2 Å². The molecule has 1 fully saturated rings. The number of amides is 1. The maximum absolute atomic E-state index is 12.5. The average molecular weight is 260 g/mol. The molecule has 1 aliphatic rings. The van der Waals surface area contributed by atoms with E-state index in [9.17, 15) is 4.79 Å². The normalized spacial score (nSPS) is 19.4. The van der Waals surface area contributed by atoms with Gasteiger partial charge < -0.3 is 10.2 Å². The highest BCUT2D eigenvalue weighted by molar-refractivity contribution is 5.96. The van der Waals surface area contributed by atoms with Crippen molar-refractivity contribution in [1.29, 1.82) is 0 Å². The van der Waals surface area contributed by atoms with Gasteiger partial charge in [-0.2, -0.15) is 0 Å². The molecule has 0 radical (unpaired) electrons. The molecule has 0 aromatic heterocycles. The largest absolute Gasteiger partial charge is 0.314 e. The molecule has 1 saturated heterocycles. The second kappa shape index (κ2) is 5.33. The fourth-order valence-electron chi connectivity index (χ4n) is 2.87. The van der Waals surface area contributed by atoms with Gasteiger partial charge in [-0.05, 0) is 38.3 Å². The summed E-state index contributed by atoms with van der Waals surface area (Å²) in [5.74, 6) is 0.221. The first-order chi connectivity index (χ1) is 8.97. The van der Waals surface area contributed by atoms with Gasteiger partial charge in [0.2, 0.25) is 5.91 Å². The van der Waals surface area contributed by atoms with E-state index in [1.54, 1.807) is 0 Å². The van der Waals surface area contributed by atoms with E-state index < -0.39 is 0 Å². The Labute approximate surface area is 116 Å². The van der Waals surface area contributed by atoms with Crippen molar-refractivity contribution in [3.05, 3.63) is 29.3 Å². The molecular formula is C16H24N2O. The summed E-state index contributed by atoms with van der Waals surface area (Å²) in [5, 5.41) is 3.36. The van der Waals surface area contributed by atoms with Gasteiger partial charge in [0, 0.05) is 19.5 Å². The van der Waals surface area contributed by atoms with Gasteiger partial charge in [-0.15, -0.1) is 0 Å². The molecule has 1 aromatic carbocycles. The Balaban J connectivity index is 2.56. The maximum atomic E-state index is 12.5. The molecule has 0 saturated carbocycles. The number of anilines is 1. The van der Waals surface area contributed by atoms with Crippen LogP contribution in [0.1, 0.15) is 38.3 Å². The third-order valence-corrected chi connectivity index (χ3v) is 3.85. The van der Waals surface area contributed by atoms with Crippen LogP contribution in [0.2, 0.25) is 0 Å². The molecule has 0 spiro atoms. The lowest BCUT2D eigenvalue weighted by Crippen LogP contribution is -2.51. The maximum Gasteiger partial charge on any atom is 0.228 e. The second-order valence-corrected chi connectivity index (χ2v) is 5.90. The first kappa shape index (κ1) is 14.1. The molecule has 1 aromatic rings. The molecule has 1 heterocycles. The summed E-state index contributed by atoms with van der Waals surface area (Å²) in [5.41, 5.74) is 3.36. The minimum absolute atomic E-state index is 0.191. The number of nitrogens with zero attached hydrogens (tertiary/aromatic N) is 1. The average Bonchev–Trinajstić information content (AvgIpc) is 2.48. The molecule has 1 aliphatic heterocycles. The summed E-state index contributed by atoms with van der Waals surface area (Å²) in [6, 6.07) is 6.30. The van der Waals surface area contributed by atoms with Crippen molar-refractivity contribution >= 4 is 11.6 Å². The SMILES string of the molecule is CCc1cccc(C)c1N1C(=O)CCNCC1(C)C. The number of aryl methyl sites for hydroxylation is 2. The zero-order valence-electron chi connectivity index (χ0n) is 12.4. The van der Waals surface area contributed by atoms with Crippen LogP contribution in [0.25, 0.3) is 0 Å². The van der Waals surface area contributed by atoms with Crippen molar-refractivity contribution in [2.24, 2.45) is 0 Å². The lowest BCUT2D eigenvalue weighted by atomic mass is 9.97. The zero-order chi connectivity index (χ0) is 14.0. The van der Waals surface area contributed by atoms with E-state index in [4.69, 9.17) is 0 Å². The minimum Gasteiger partial charge on any atom is -0.314 e. The smallest absolute Gasteiger partial charge is 0.228 e. The quantitative estimate of drug-likeness (QED) is 0.886. The Hall–Kier alpha value is -1.35. The topological polar surface area (TPSA) is 32.3 Å². The van der Waals surface area contributed by atoms with Crippen LogP contribution in [0.5, 0.6) is 0 Å². The fourth-order valence-corrected chi connectivity index (χ4v) is 2.87. The number of benzene rings is 1. The Morgan fingerprint density at radius 3 is 2.79 bits per heavy atom. The van der Waals surface area contributed by atoms with Crippen molar-refractivity contribution in [3.8, 4) is 0 Å². The first-order valence-electron chi connectivity index (χ1n) is 7.09. The predicted molar refractivity (Wildman–Crippen MR) is 79.6 cm³/mol. The first-order valence-corrected chi connectivity index (χ1v) is 7.09. The van der Waals surface area contributed by atoms with E-state index in [0.29, 0.717) is 6.42 Å². The Kier molecular flexibility index (Phi) is 3.95. The van der Waals surface area contributed by atoms with E-state index in [1.807, 2.05) is 4.90 Å². The van der Waals surface area contributed by atoms with Crippen molar-refractivity contribution in [2.75, 3.05) is 18.0 Å². The van der Waals surface area contributed by atoms with E-state index in [1.165, 1.54) is 11.1 Å². The van der Waals surface area contributed by atoms with Crippen molar-refractivity contribution in [2.45, 2.75) is 46.1 Å². The molecule has 3 nitrogen and oxygen atoms in total. The highest BCUT2D eigenvalue weighted by Gasteiger charge is 2.35. The molecule has 0 bridgehead atoms. The molecular weight excluding hydrogens is 236 g/mol. The third-order valence-electron chi connectivity index (χ3n) is 3.85. The monoisotopic (exact) mass is 260 g/mol. The Bertz CT molecular complexity index is 480. The summed E-state index contributed by atoms with van der Waals surface area (Å²) in [7, 11) is 0. The molecule has 2 rings (SSSR count). The van der Waals surface area contributed by atoms with Crippen LogP contribution in [0.3, 0.4) is 0 Å². The number of carbonyl (C=O) groups is 1. The van der Waals surface area contributed by atoms with Gasteiger partial charge in [-0.25, -0.2) is 0 Å². The third kappa shape index (κ3) is 2.66. The summed E-state index contributed by atoms with van der Waals surface area (Å²) < 4.78 is 0. The van der Waals surface area contributed by atoms with E-state index in [0.717, 1.165) is 25.2 Å². The summed E-state index contributed by atoms with van der Waals surface area (Å²) >= 11 is 0. The van der Waals surface area contributed by atoms with Crippen molar-refractivity contribution < 1.29 is 4.79 Å². The lowest BCUT2D eigenvalue weighted by molar-refractivity contribution is -0.119. The molecule has 1 amide bonds. The second-order valence-electron chi connectivity index (χ2n) is 5.90. The summed E-state index contributed by atoms with van der Waals surface area (Å²) in [6.45, 7) is 10.1. The van der Waals surface area contributed by atoms with E-state index in [-0.39, 0.29) is 11.4 Å². The molecule has 19 heavy (non-hydrogen) atoms. The summed E-state index contributed by atoms with van der Waals surface area (Å²) in [4.78, 5) is 14.6. The number of rotatable bonds is 2. The molecule has 3 heteroatoms. The number of carbonyl (C=O) groups excluding carboxylic acids is 1. The zero-order valence-corrected chi connectivity index (χ0v) is 12.4. The van der Waals surface area contributed by atoms with Crippen molar-refractivity contribution in [3.63, 3.8) is 0 Å². The van der Waals surface area contributed by atoms with Gasteiger partial charge in [-0.3, -0.25) is 4.79 Å². The molecule has 0 aliphatic carbocycles. The van der Waals surface area contributed by atoms with Gasteiger partial charge in [0.25, 0.3) is 0 Å². The van der Waals surface area contributed by atoms with Gasteiger partial charge in [-0.1, -0.05) is 25.1 Å². The fraction of sp³-hybridized carbons (Fsp3) is 0.562. The van der Waals surface area contributed by atoms with Crippen LogP contribution in [0.15, 0.2) is 18.2 Å². The van der Waals surface area contributed by atoms with Crippen LogP contribution >= 0.6 is 0 Å². The van der Waals surface area contributed by atoms with E-state index >= 15 is 0 Å². The highest BCUT2D eigenvalue weighted by Crippen LogP contribution is 2.32. The van der Waals surface area contributed by atoms with Gasteiger partial charge in [0.1, 0.15) is 0 Å². The van der Waals surface area contributed by atoms with Crippen molar-refractivity contribution in [1.82, 2.24) is 5.32 Å². The molecule has 1 N–H and O–H groups in total.